The van der Waals surface area contributed by atoms with E-state index in [0.717, 1.165) is 5.56 Å². The number of carbonyl (C=O) groups is 1. The zero-order valence-electron chi connectivity index (χ0n) is 8.10. The van der Waals surface area contributed by atoms with Gasteiger partial charge in [-0.15, -0.1) is 0 Å². The van der Waals surface area contributed by atoms with Crippen LogP contribution in [0.4, 0.5) is 0 Å². The molecule has 0 aliphatic carbocycles. The Hall–Kier alpha value is -1.06. The highest BCUT2D eigenvalue weighted by molar-refractivity contribution is 6.32. The van der Waals surface area contributed by atoms with Gasteiger partial charge in [0.25, 0.3) is 0 Å². The van der Waals surface area contributed by atoms with Crippen LogP contribution in [-0.4, -0.2) is 24.5 Å². The van der Waals surface area contributed by atoms with Gasteiger partial charge in [0, 0.05) is 0 Å². The fourth-order valence-corrected chi connectivity index (χ4v) is 1.43. The molecule has 0 bridgehead atoms. The normalized spacial score (nSPS) is 10.2. The Balaban J connectivity index is 3.18. The lowest BCUT2D eigenvalue weighted by molar-refractivity contribution is 0.0990. The van der Waals surface area contributed by atoms with Crippen molar-refractivity contribution in [1.82, 2.24) is 5.32 Å². The molecule has 0 amide bonds. The van der Waals surface area contributed by atoms with Crippen molar-refractivity contribution in [3.8, 4) is 5.75 Å². The maximum absolute atomic E-state index is 11.6. The molecule has 76 valence electrons. The molecule has 0 saturated carbocycles. The molecule has 0 aliphatic heterocycles. The van der Waals surface area contributed by atoms with Crippen molar-refractivity contribution in [2.45, 2.75) is 6.92 Å². The molecule has 1 aromatic rings. The fraction of sp³-hybridized carbons (Fsp3) is 0.300. The Morgan fingerprint density at radius 3 is 2.79 bits per heavy atom. The quantitative estimate of drug-likeness (QED) is 0.753. The molecule has 0 fully saturated rings. The van der Waals surface area contributed by atoms with E-state index in [1.165, 1.54) is 0 Å². The van der Waals surface area contributed by atoms with Crippen molar-refractivity contribution < 1.29 is 9.90 Å². The van der Waals surface area contributed by atoms with Crippen LogP contribution in [0.25, 0.3) is 0 Å². The summed E-state index contributed by atoms with van der Waals surface area (Å²) in [5.41, 5.74) is 1.03. The van der Waals surface area contributed by atoms with Gasteiger partial charge in [0.2, 0.25) is 0 Å². The van der Waals surface area contributed by atoms with Crippen LogP contribution in [0.2, 0.25) is 5.02 Å². The number of nitrogens with one attached hydrogen (secondary N) is 1. The number of rotatable bonds is 3. The predicted molar refractivity (Wildman–Crippen MR) is 56.1 cm³/mol. The second-order valence-corrected chi connectivity index (χ2v) is 3.45. The second kappa shape index (κ2) is 4.44. The number of carbonyl (C=O) groups excluding carboxylic acids is 1. The van der Waals surface area contributed by atoms with Crippen LogP contribution in [0.5, 0.6) is 5.75 Å². The van der Waals surface area contributed by atoms with Crippen LogP contribution < -0.4 is 5.32 Å². The zero-order chi connectivity index (χ0) is 10.7. The SMILES string of the molecule is CNCC(=O)c1c(C)ccc(Cl)c1O. The molecule has 0 saturated heterocycles. The number of aromatic hydroxyl groups is 1. The van der Waals surface area contributed by atoms with Crippen LogP contribution >= 0.6 is 11.6 Å². The molecular formula is C10H12ClNO2. The number of benzene rings is 1. The van der Waals surface area contributed by atoms with Crippen molar-refractivity contribution in [2.24, 2.45) is 0 Å². The van der Waals surface area contributed by atoms with Crippen molar-refractivity contribution in [1.29, 1.82) is 0 Å². The van der Waals surface area contributed by atoms with E-state index in [9.17, 15) is 9.90 Å². The van der Waals surface area contributed by atoms with Gasteiger partial charge in [-0.25, -0.2) is 0 Å². The standard InChI is InChI=1S/C10H12ClNO2/c1-6-3-4-7(11)10(14)9(6)8(13)5-12-2/h3-4,12,14H,5H2,1-2H3. The lowest BCUT2D eigenvalue weighted by Crippen LogP contribution is -2.19. The maximum atomic E-state index is 11.6. The molecule has 2 N–H and O–H groups in total. The molecule has 3 nitrogen and oxygen atoms in total. The molecule has 0 aromatic heterocycles. The fourth-order valence-electron chi connectivity index (χ4n) is 1.27. The van der Waals surface area contributed by atoms with Gasteiger partial charge in [-0.05, 0) is 25.6 Å². The number of hydrogen-bond acceptors (Lipinski definition) is 3. The number of likely N-dealkylation sites (N-methyl/N-ethyl adjacent to an activating group) is 1. The van der Waals surface area contributed by atoms with E-state index in [1.807, 2.05) is 0 Å². The van der Waals surface area contributed by atoms with Gasteiger partial charge in [0.15, 0.2) is 5.78 Å². The smallest absolute Gasteiger partial charge is 0.180 e. The first-order chi connectivity index (χ1) is 6.57. The minimum absolute atomic E-state index is 0.132. The summed E-state index contributed by atoms with van der Waals surface area (Å²) in [4.78, 5) is 11.6. The Morgan fingerprint density at radius 2 is 2.21 bits per heavy atom. The Labute approximate surface area is 87.7 Å². The summed E-state index contributed by atoms with van der Waals surface area (Å²) >= 11 is 5.71. The van der Waals surface area contributed by atoms with Gasteiger partial charge in [0.05, 0.1) is 17.1 Å². The summed E-state index contributed by atoms with van der Waals surface area (Å²) in [6.45, 7) is 1.95. The lowest BCUT2D eigenvalue weighted by atomic mass is 10.0. The Morgan fingerprint density at radius 1 is 1.57 bits per heavy atom. The van der Waals surface area contributed by atoms with Crippen molar-refractivity contribution in [2.75, 3.05) is 13.6 Å². The van der Waals surface area contributed by atoms with Gasteiger partial charge < -0.3 is 10.4 Å². The maximum Gasteiger partial charge on any atom is 0.180 e. The predicted octanol–water partition coefficient (Wildman–Crippen LogP) is 1.76. The highest BCUT2D eigenvalue weighted by Gasteiger charge is 2.15. The van der Waals surface area contributed by atoms with Gasteiger partial charge >= 0.3 is 0 Å². The van der Waals surface area contributed by atoms with E-state index in [0.29, 0.717) is 5.56 Å². The zero-order valence-corrected chi connectivity index (χ0v) is 8.85. The Kier molecular flexibility index (Phi) is 3.49. The van der Waals surface area contributed by atoms with Crippen LogP contribution in [0, 0.1) is 6.92 Å². The topological polar surface area (TPSA) is 49.3 Å². The molecule has 1 rings (SSSR count). The molecule has 0 aliphatic rings. The third-order valence-corrected chi connectivity index (χ3v) is 2.26. The average Bonchev–Trinajstić information content (AvgIpc) is 2.13. The molecule has 14 heavy (non-hydrogen) atoms. The average molecular weight is 214 g/mol. The molecule has 0 heterocycles. The molecule has 0 spiro atoms. The van der Waals surface area contributed by atoms with E-state index < -0.39 is 0 Å². The van der Waals surface area contributed by atoms with E-state index >= 15 is 0 Å². The minimum Gasteiger partial charge on any atom is -0.506 e. The lowest BCUT2D eigenvalue weighted by Gasteiger charge is -2.08. The van der Waals surface area contributed by atoms with Gasteiger partial charge in [0.1, 0.15) is 5.75 Å². The van der Waals surface area contributed by atoms with Crippen molar-refractivity contribution in [3.05, 3.63) is 28.3 Å². The summed E-state index contributed by atoms with van der Waals surface area (Å²) < 4.78 is 0. The number of phenolic OH excluding ortho intramolecular Hbond substituents is 1. The number of aryl methyl sites for hydroxylation is 1. The van der Waals surface area contributed by atoms with Crippen LogP contribution in [0.15, 0.2) is 12.1 Å². The molecule has 4 heteroatoms. The summed E-state index contributed by atoms with van der Waals surface area (Å²) in [6, 6.07) is 3.29. The molecule has 1 aromatic carbocycles. The van der Waals surface area contributed by atoms with E-state index in [1.54, 1.807) is 26.1 Å². The third kappa shape index (κ3) is 2.05. The number of ketones is 1. The highest BCUT2D eigenvalue weighted by Crippen LogP contribution is 2.29. The van der Waals surface area contributed by atoms with Crippen LogP contribution in [0.3, 0.4) is 0 Å². The van der Waals surface area contributed by atoms with Crippen LogP contribution in [-0.2, 0) is 0 Å². The van der Waals surface area contributed by atoms with Gasteiger partial charge in [-0.3, -0.25) is 4.79 Å². The first-order valence-electron chi connectivity index (χ1n) is 4.23. The molecule has 0 atom stereocenters. The van der Waals surface area contributed by atoms with E-state index in [2.05, 4.69) is 5.32 Å². The first-order valence-corrected chi connectivity index (χ1v) is 4.61. The monoisotopic (exact) mass is 213 g/mol. The van der Waals surface area contributed by atoms with E-state index in [4.69, 9.17) is 11.6 Å². The summed E-state index contributed by atoms with van der Waals surface area (Å²) in [7, 11) is 1.68. The Bertz CT molecular complexity index is 363. The first kappa shape index (κ1) is 11.0. The number of phenols is 1. The summed E-state index contributed by atoms with van der Waals surface area (Å²) in [5.74, 6) is -0.295. The summed E-state index contributed by atoms with van der Waals surface area (Å²) in [6.07, 6.45) is 0. The number of hydrogen-bond donors (Lipinski definition) is 2. The number of halogens is 1. The molecular weight excluding hydrogens is 202 g/mol. The van der Waals surface area contributed by atoms with Crippen molar-refractivity contribution >= 4 is 17.4 Å². The minimum atomic E-state index is -0.162. The molecule has 0 unspecified atom stereocenters. The number of Topliss-reactive ketones (excluding diaryl/α,β-unsaturated/α-hetero) is 1. The summed E-state index contributed by atoms with van der Waals surface area (Å²) in [5, 5.41) is 12.5. The van der Waals surface area contributed by atoms with Gasteiger partial charge in [-0.2, -0.15) is 0 Å². The molecule has 0 radical (unpaired) electrons. The largest absolute Gasteiger partial charge is 0.506 e. The van der Waals surface area contributed by atoms with Crippen LogP contribution in [0.1, 0.15) is 15.9 Å². The highest BCUT2D eigenvalue weighted by atomic mass is 35.5. The third-order valence-electron chi connectivity index (χ3n) is 1.95. The second-order valence-electron chi connectivity index (χ2n) is 3.04. The van der Waals surface area contributed by atoms with E-state index in [-0.39, 0.29) is 23.1 Å². The van der Waals surface area contributed by atoms with Gasteiger partial charge in [-0.1, -0.05) is 17.7 Å². The van der Waals surface area contributed by atoms with Crippen molar-refractivity contribution in [3.63, 3.8) is 0 Å².